The molecule has 1 amide bonds. The van der Waals surface area contributed by atoms with Crippen LogP contribution in [0.15, 0.2) is 24.3 Å². The lowest BCUT2D eigenvalue weighted by atomic mass is 10.0. The number of nitrogens with one attached hydrogen (secondary N) is 4. The summed E-state index contributed by atoms with van der Waals surface area (Å²) < 4.78 is 5.16. The van der Waals surface area contributed by atoms with Crippen LogP contribution in [0.4, 0.5) is 5.95 Å². The molecule has 0 saturated carbocycles. The molecule has 1 fully saturated rings. The van der Waals surface area contributed by atoms with Gasteiger partial charge in [-0.3, -0.25) is 15.2 Å². The van der Waals surface area contributed by atoms with Gasteiger partial charge in [0.25, 0.3) is 0 Å². The van der Waals surface area contributed by atoms with Gasteiger partial charge in [-0.15, -0.1) is 5.10 Å². The van der Waals surface area contributed by atoms with E-state index in [2.05, 4.69) is 31.3 Å². The Hall–Kier alpha value is -2.45. The van der Waals surface area contributed by atoms with Crippen molar-refractivity contribution in [3.05, 3.63) is 35.7 Å². The molecule has 2 aromatic rings. The number of carbonyl (C=O) groups is 1. The predicted molar refractivity (Wildman–Crippen MR) is 89.5 cm³/mol. The SMILES string of the molecule is COc1ccc(C2CC(C(=O)Nc3n[nH]c(C(C)C)n3)NN2)cc1. The standard InChI is InChI=1S/C16H22N6O2/c1-9(2)14-17-16(22-21-14)18-15(23)13-8-12(19-20-13)10-4-6-11(24-3)7-5-10/h4-7,9,12-13,19-20H,8H2,1-3H3,(H2,17,18,21,22,23). The van der Waals surface area contributed by atoms with Crippen LogP contribution in [-0.2, 0) is 4.79 Å². The van der Waals surface area contributed by atoms with Crippen LogP contribution in [0.1, 0.15) is 43.6 Å². The Kier molecular flexibility index (Phi) is 4.77. The second-order valence-corrected chi connectivity index (χ2v) is 6.09. The van der Waals surface area contributed by atoms with Gasteiger partial charge < -0.3 is 4.74 Å². The number of hydrazine groups is 1. The number of aromatic amines is 1. The second kappa shape index (κ2) is 6.98. The zero-order valence-electron chi connectivity index (χ0n) is 14.0. The van der Waals surface area contributed by atoms with Crippen molar-refractivity contribution in [3.63, 3.8) is 0 Å². The molecule has 1 aromatic carbocycles. The highest BCUT2D eigenvalue weighted by Gasteiger charge is 2.30. The Balaban J connectivity index is 1.58. The quantitative estimate of drug-likeness (QED) is 0.662. The third-order valence-electron chi connectivity index (χ3n) is 4.02. The highest BCUT2D eigenvalue weighted by Crippen LogP contribution is 2.24. The van der Waals surface area contributed by atoms with Crippen LogP contribution >= 0.6 is 0 Å². The molecule has 24 heavy (non-hydrogen) atoms. The summed E-state index contributed by atoms with van der Waals surface area (Å²) in [6.45, 7) is 4.02. The smallest absolute Gasteiger partial charge is 0.248 e. The third-order valence-corrected chi connectivity index (χ3v) is 4.02. The number of anilines is 1. The van der Waals surface area contributed by atoms with Gasteiger partial charge in [0.1, 0.15) is 17.6 Å². The van der Waals surface area contributed by atoms with E-state index in [4.69, 9.17) is 4.74 Å². The van der Waals surface area contributed by atoms with Crippen molar-refractivity contribution in [2.24, 2.45) is 0 Å². The first-order valence-corrected chi connectivity index (χ1v) is 7.95. The Morgan fingerprint density at radius 2 is 2.04 bits per heavy atom. The number of carbonyl (C=O) groups excluding carboxylic acids is 1. The van der Waals surface area contributed by atoms with Crippen molar-refractivity contribution < 1.29 is 9.53 Å². The fourth-order valence-electron chi connectivity index (χ4n) is 2.57. The van der Waals surface area contributed by atoms with Crippen LogP contribution < -0.4 is 20.9 Å². The first kappa shape index (κ1) is 16.4. The fourth-order valence-corrected chi connectivity index (χ4v) is 2.57. The number of nitrogens with zero attached hydrogens (tertiary/aromatic N) is 2. The second-order valence-electron chi connectivity index (χ2n) is 6.09. The lowest BCUT2D eigenvalue weighted by Gasteiger charge is -2.10. The minimum Gasteiger partial charge on any atom is -0.497 e. The van der Waals surface area contributed by atoms with Crippen LogP contribution in [0.2, 0.25) is 0 Å². The minimum atomic E-state index is -0.349. The van der Waals surface area contributed by atoms with Crippen LogP contribution in [0.3, 0.4) is 0 Å². The van der Waals surface area contributed by atoms with Gasteiger partial charge in [0.15, 0.2) is 0 Å². The van der Waals surface area contributed by atoms with Crippen molar-refractivity contribution in [1.82, 2.24) is 26.0 Å². The fraction of sp³-hybridized carbons (Fsp3) is 0.438. The lowest BCUT2D eigenvalue weighted by molar-refractivity contribution is -0.117. The molecular weight excluding hydrogens is 308 g/mol. The van der Waals surface area contributed by atoms with Gasteiger partial charge in [-0.25, -0.2) is 10.9 Å². The summed E-state index contributed by atoms with van der Waals surface area (Å²) in [6.07, 6.45) is 0.639. The molecule has 1 aliphatic rings. The maximum Gasteiger partial charge on any atom is 0.248 e. The molecule has 3 rings (SSSR count). The van der Waals surface area contributed by atoms with Gasteiger partial charge in [0.2, 0.25) is 11.9 Å². The summed E-state index contributed by atoms with van der Waals surface area (Å²) in [7, 11) is 1.64. The summed E-state index contributed by atoms with van der Waals surface area (Å²) in [5.74, 6) is 1.93. The number of H-pyrrole nitrogens is 1. The molecule has 4 N–H and O–H groups in total. The number of benzene rings is 1. The van der Waals surface area contributed by atoms with Crippen LogP contribution in [0.5, 0.6) is 5.75 Å². The first-order chi connectivity index (χ1) is 11.6. The largest absolute Gasteiger partial charge is 0.497 e. The van der Waals surface area contributed by atoms with E-state index in [1.807, 2.05) is 38.1 Å². The molecule has 128 valence electrons. The number of methoxy groups -OCH3 is 1. The number of ether oxygens (including phenoxy) is 1. The molecule has 1 aromatic heterocycles. The topological polar surface area (TPSA) is 104 Å². The molecule has 8 heteroatoms. The van der Waals surface area contributed by atoms with Gasteiger partial charge in [0.05, 0.1) is 7.11 Å². The van der Waals surface area contributed by atoms with Crippen molar-refractivity contribution in [2.45, 2.75) is 38.3 Å². The molecule has 0 bridgehead atoms. The van der Waals surface area contributed by atoms with Gasteiger partial charge in [-0.2, -0.15) is 4.98 Å². The average Bonchev–Trinajstić information content (AvgIpc) is 3.24. The van der Waals surface area contributed by atoms with Gasteiger partial charge >= 0.3 is 0 Å². The number of aromatic nitrogens is 3. The molecule has 1 saturated heterocycles. The van der Waals surface area contributed by atoms with Gasteiger partial charge in [-0.1, -0.05) is 26.0 Å². The van der Waals surface area contributed by atoms with Crippen LogP contribution in [0.25, 0.3) is 0 Å². The molecule has 0 spiro atoms. The van der Waals surface area contributed by atoms with E-state index in [1.54, 1.807) is 7.11 Å². The summed E-state index contributed by atoms with van der Waals surface area (Å²) >= 11 is 0. The minimum absolute atomic E-state index is 0.0602. The predicted octanol–water partition coefficient (Wildman–Crippen LogP) is 1.48. The van der Waals surface area contributed by atoms with Gasteiger partial charge in [-0.05, 0) is 24.1 Å². The monoisotopic (exact) mass is 330 g/mol. The molecule has 2 heterocycles. The summed E-state index contributed by atoms with van der Waals surface area (Å²) in [4.78, 5) is 16.6. The molecule has 0 radical (unpaired) electrons. The highest BCUT2D eigenvalue weighted by molar-refractivity contribution is 5.93. The maximum absolute atomic E-state index is 12.3. The average molecular weight is 330 g/mol. The molecule has 2 unspecified atom stereocenters. The van der Waals surface area contributed by atoms with E-state index in [-0.39, 0.29) is 23.9 Å². The number of amides is 1. The summed E-state index contributed by atoms with van der Waals surface area (Å²) in [5.41, 5.74) is 7.27. The Morgan fingerprint density at radius 1 is 1.29 bits per heavy atom. The zero-order valence-corrected chi connectivity index (χ0v) is 14.0. The lowest BCUT2D eigenvalue weighted by Crippen LogP contribution is -2.39. The summed E-state index contributed by atoms with van der Waals surface area (Å²) in [5, 5.41) is 9.57. The Bertz CT molecular complexity index is 697. The van der Waals surface area contributed by atoms with E-state index in [1.165, 1.54) is 0 Å². The van der Waals surface area contributed by atoms with Crippen molar-refractivity contribution in [1.29, 1.82) is 0 Å². The van der Waals surface area contributed by atoms with Crippen LogP contribution in [0, 0.1) is 0 Å². The molecule has 8 nitrogen and oxygen atoms in total. The molecular formula is C16H22N6O2. The van der Waals surface area contributed by atoms with Crippen molar-refractivity contribution in [3.8, 4) is 5.75 Å². The van der Waals surface area contributed by atoms with E-state index < -0.39 is 0 Å². The first-order valence-electron chi connectivity index (χ1n) is 7.95. The van der Waals surface area contributed by atoms with Gasteiger partial charge in [0, 0.05) is 12.0 Å². The highest BCUT2D eigenvalue weighted by atomic mass is 16.5. The van der Waals surface area contributed by atoms with E-state index >= 15 is 0 Å². The van der Waals surface area contributed by atoms with E-state index in [0.29, 0.717) is 12.4 Å². The van der Waals surface area contributed by atoms with E-state index in [0.717, 1.165) is 17.1 Å². The Morgan fingerprint density at radius 3 is 2.67 bits per heavy atom. The number of hydrogen-bond acceptors (Lipinski definition) is 6. The van der Waals surface area contributed by atoms with Crippen LogP contribution in [-0.4, -0.2) is 34.2 Å². The third kappa shape index (κ3) is 3.55. The molecule has 2 atom stereocenters. The normalized spacial score (nSPS) is 20.3. The Labute approximate surface area is 140 Å². The number of rotatable bonds is 5. The van der Waals surface area contributed by atoms with E-state index in [9.17, 15) is 4.79 Å². The molecule has 0 aliphatic carbocycles. The zero-order chi connectivity index (χ0) is 17.1. The van der Waals surface area contributed by atoms with Crippen molar-refractivity contribution in [2.75, 3.05) is 12.4 Å². The number of hydrogen-bond donors (Lipinski definition) is 4. The maximum atomic E-state index is 12.3. The molecule has 1 aliphatic heterocycles. The van der Waals surface area contributed by atoms with Crippen molar-refractivity contribution >= 4 is 11.9 Å². The summed E-state index contributed by atoms with van der Waals surface area (Å²) in [6, 6.07) is 7.51.